The molecule has 1 amide bonds. The lowest BCUT2D eigenvalue weighted by Crippen LogP contribution is -2.17. The normalized spacial score (nSPS) is 10.8. The van der Waals surface area contributed by atoms with Crippen molar-refractivity contribution in [1.29, 1.82) is 0 Å². The summed E-state index contributed by atoms with van der Waals surface area (Å²) < 4.78 is 0. The molecule has 0 saturated heterocycles. The van der Waals surface area contributed by atoms with Crippen LogP contribution in [0.25, 0.3) is 10.8 Å². The van der Waals surface area contributed by atoms with E-state index in [0.29, 0.717) is 0 Å². The minimum absolute atomic E-state index is 0.0487. The number of carbonyl (C=O) groups is 1. The molecule has 0 radical (unpaired) electrons. The first-order valence-electron chi connectivity index (χ1n) is 8.35. The SMILES string of the molecule is CC(C)(C)c1ccccc1NC(=O)C#Cc1cccc2ccccc12. The third-order valence-electron chi connectivity index (χ3n) is 4.08. The summed E-state index contributed by atoms with van der Waals surface area (Å²) in [6.07, 6.45) is 0. The Hall–Kier alpha value is -3.05. The lowest BCUT2D eigenvalue weighted by Gasteiger charge is -2.22. The molecule has 1 N–H and O–H groups in total. The number of nitrogens with one attached hydrogen (secondary N) is 1. The van der Waals surface area contributed by atoms with Gasteiger partial charge in [0, 0.05) is 17.2 Å². The Balaban J connectivity index is 1.87. The van der Waals surface area contributed by atoms with Crippen molar-refractivity contribution >= 4 is 22.4 Å². The van der Waals surface area contributed by atoms with Crippen molar-refractivity contribution in [1.82, 2.24) is 0 Å². The molecule has 3 aromatic rings. The van der Waals surface area contributed by atoms with E-state index in [2.05, 4.69) is 37.9 Å². The maximum absolute atomic E-state index is 12.3. The van der Waals surface area contributed by atoms with Crippen LogP contribution < -0.4 is 5.32 Å². The van der Waals surface area contributed by atoms with Crippen LogP contribution in [0.4, 0.5) is 5.69 Å². The van der Waals surface area contributed by atoms with Gasteiger partial charge in [-0.05, 0) is 33.9 Å². The van der Waals surface area contributed by atoms with Gasteiger partial charge in [-0.15, -0.1) is 0 Å². The van der Waals surface area contributed by atoms with Crippen molar-refractivity contribution in [2.45, 2.75) is 26.2 Å². The predicted molar refractivity (Wildman–Crippen MR) is 105 cm³/mol. The zero-order chi connectivity index (χ0) is 17.9. The van der Waals surface area contributed by atoms with Gasteiger partial charge in [0.1, 0.15) is 0 Å². The summed E-state index contributed by atoms with van der Waals surface area (Å²) in [7, 11) is 0. The van der Waals surface area contributed by atoms with Crippen LogP contribution in [0.3, 0.4) is 0 Å². The minimum atomic E-state index is -0.301. The number of amides is 1. The molecule has 0 atom stereocenters. The van der Waals surface area contributed by atoms with E-state index in [9.17, 15) is 4.79 Å². The molecule has 0 aliphatic carbocycles. The number of benzene rings is 3. The van der Waals surface area contributed by atoms with Crippen LogP contribution in [-0.2, 0) is 10.2 Å². The van der Waals surface area contributed by atoms with Crippen LogP contribution >= 0.6 is 0 Å². The number of hydrogen-bond acceptors (Lipinski definition) is 1. The van der Waals surface area contributed by atoms with Crippen molar-refractivity contribution in [3.05, 3.63) is 77.9 Å². The van der Waals surface area contributed by atoms with Crippen molar-refractivity contribution in [3.8, 4) is 11.8 Å². The van der Waals surface area contributed by atoms with Gasteiger partial charge in [0.2, 0.25) is 0 Å². The minimum Gasteiger partial charge on any atom is -0.315 e. The van der Waals surface area contributed by atoms with Gasteiger partial charge in [-0.3, -0.25) is 4.79 Å². The van der Waals surface area contributed by atoms with Crippen LogP contribution in [0.15, 0.2) is 66.7 Å². The molecule has 3 aromatic carbocycles. The van der Waals surface area contributed by atoms with Crippen LogP contribution in [0.2, 0.25) is 0 Å². The van der Waals surface area contributed by atoms with Crippen molar-refractivity contribution < 1.29 is 4.79 Å². The van der Waals surface area contributed by atoms with E-state index in [1.807, 2.05) is 66.7 Å². The smallest absolute Gasteiger partial charge is 0.300 e. The van der Waals surface area contributed by atoms with Gasteiger partial charge in [-0.25, -0.2) is 0 Å². The summed E-state index contributed by atoms with van der Waals surface area (Å²) in [4.78, 5) is 12.3. The van der Waals surface area contributed by atoms with E-state index in [4.69, 9.17) is 0 Å². The Morgan fingerprint density at radius 2 is 1.56 bits per heavy atom. The molecule has 0 saturated carbocycles. The van der Waals surface area contributed by atoms with E-state index in [1.54, 1.807) is 0 Å². The first kappa shape index (κ1) is 16.8. The lowest BCUT2D eigenvalue weighted by molar-refractivity contribution is -0.111. The molecule has 2 heteroatoms. The fourth-order valence-corrected chi connectivity index (χ4v) is 2.86. The maximum atomic E-state index is 12.3. The van der Waals surface area contributed by atoms with E-state index >= 15 is 0 Å². The summed E-state index contributed by atoms with van der Waals surface area (Å²) >= 11 is 0. The Kier molecular flexibility index (Phi) is 4.59. The molecular formula is C23H21NO. The Morgan fingerprint density at radius 3 is 2.36 bits per heavy atom. The van der Waals surface area contributed by atoms with Gasteiger partial charge in [-0.2, -0.15) is 0 Å². The monoisotopic (exact) mass is 327 g/mol. The largest absolute Gasteiger partial charge is 0.315 e. The summed E-state index contributed by atoms with van der Waals surface area (Å²) in [5, 5.41) is 5.10. The average Bonchev–Trinajstić information content (AvgIpc) is 2.59. The Labute approximate surface area is 148 Å². The van der Waals surface area contributed by atoms with E-state index < -0.39 is 0 Å². The van der Waals surface area contributed by atoms with Gasteiger partial charge in [-0.1, -0.05) is 81.3 Å². The zero-order valence-corrected chi connectivity index (χ0v) is 14.8. The molecule has 0 aromatic heterocycles. The molecule has 25 heavy (non-hydrogen) atoms. The highest BCUT2D eigenvalue weighted by Crippen LogP contribution is 2.29. The van der Waals surface area contributed by atoms with E-state index in [1.165, 1.54) is 0 Å². The summed E-state index contributed by atoms with van der Waals surface area (Å²) in [5.74, 6) is 5.42. The number of para-hydroxylation sites is 1. The predicted octanol–water partition coefficient (Wildman–Crippen LogP) is 5.13. The Bertz CT molecular complexity index is 979. The molecule has 3 rings (SSSR count). The lowest BCUT2D eigenvalue weighted by atomic mass is 9.86. The highest BCUT2D eigenvalue weighted by molar-refractivity contribution is 6.05. The number of anilines is 1. The highest BCUT2D eigenvalue weighted by atomic mass is 16.1. The fraction of sp³-hybridized carbons (Fsp3) is 0.174. The average molecular weight is 327 g/mol. The first-order valence-corrected chi connectivity index (χ1v) is 8.35. The molecule has 0 heterocycles. The van der Waals surface area contributed by atoms with Crippen LogP contribution in [0.1, 0.15) is 31.9 Å². The standard InChI is InChI=1S/C23H21NO/c1-23(2,3)20-13-6-7-14-21(20)24-22(25)16-15-18-11-8-10-17-9-4-5-12-19(17)18/h4-14H,1-3H3,(H,24,25). The van der Waals surface area contributed by atoms with E-state index in [-0.39, 0.29) is 11.3 Å². The van der Waals surface area contributed by atoms with Crippen molar-refractivity contribution in [2.24, 2.45) is 0 Å². The van der Waals surface area contributed by atoms with Gasteiger partial charge < -0.3 is 5.32 Å². The third-order valence-corrected chi connectivity index (χ3v) is 4.08. The molecule has 124 valence electrons. The van der Waals surface area contributed by atoms with Gasteiger partial charge in [0.05, 0.1) is 0 Å². The van der Waals surface area contributed by atoms with Crippen LogP contribution in [0.5, 0.6) is 0 Å². The highest BCUT2D eigenvalue weighted by Gasteiger charge is 2.18. The van der Waals surface area contributed by atoms with Gasteiger partial charge in [0.25, 0.3) is 0 Å². The van der Waals surface area contributed by atoms with Crippen LogP contribution in [0, 0.1) is 11.8 Å². The number of carbonyl (C=O) groups excluding carboxylic acids is 1. The second-order valence-electron chi connectivity index (χ2n) is 7.03. The molecule has 0 aliphatic heterocycles. The molecule has 2 nitrogen and oxygen atoms in total. The number of fused-ring (bicyclic) bond motifs is 1. The molecule has 0 aliphatic rings. The van der Waals surface area contributed by atoms with Crippen molar-refractivity contribution in [2.75, 3.05) is 5.32 Å². The maximum Gasteiger partial charge on any atom is 0.300 e. The van der Waals surface area contributed by atoms with Gasteiger partial charge >= 0.3 is 5.91 Å². The second-order valence-corrected chi connectivity index (χ2v) is 7.03. The first-order chi connectivity index (χ1) is 11.9. The topological polar surface area (TPSA) is 29.1 Å². The van der Waals surface area contributed by atoms with Gasteiger partial charge in [0.15, 0.2) is 0 Å². The van der Waals surface area contributed by atoms with Crippen LogP contribution in [-0.4, -0.2) is 5.91 Å². The molecule has 0 bridgehead atoms. The Morgan fingerprint density at radius 1 is 0.880 bits per heavy atom. The number of hydrogen-bond donors (Lipinski definition) is 1. The zero-order valence-electron chi connectivity index (χ0n) is 14.8. The van der Waals surface area contributed by atoms with E-state index in [0.717, 1.165) is 27.6 Å². The molecule has 0 unspecified atom stereocenters. The quantitative estimate of drug-likeness (QED) is 0.617. The summed E-state index contributed by atoms with van der Waals surface area (Å²) in [5.41, 5.74) is 2.72. The summed E-state index contributed by atoms with van der Waals surface area (Å²) in [6, 6.07) is 21.8. The van der Waals surface area contributed by atoms with Crippen molar-refractivity contribution in [3.63, 3.8) is 0 Å². The third kappa shape index (κ3) is 3.89. The number of rotatable bonds is 1. The molecule has 0 spiro atoms. The second kappa shape index (κ2) is 6.83. The summed E-state index contributed by atoms with van der Waals surface area (Å²) in [6.45, 7) is 6.37. The fourth-order valence-electron chi connectivity index (χ4n) is 2.86. The molecule has 0 fully saturated rings. The molecular weight excluding hydrogens is 306 g/mol.